The zero-order valence-corrected chi connectivity index (χ0v) is 21.8. The molecule has 0 aromatic heterocycles. The van der Waals surface area contributed by atoms with Gasteiger partial charge in [0.2, 0.25) is 0 Å². The summed E-state index contributed by atoms with van der Waals surface area (Å²) in [6.45, 7) is 4.46. The Morgan fingerprint density at radius 2 is 1.84 bits per heavy atom. The lowest BCUT2D eigenvalue weighted by Crippen LogP contribution is -2.32. The minimum Gasteiger partial charge on any atom is -0.507 e. The number of ketones is 1. The Labute approximate surface area is 217 Å². The maximum absolute atomic E-state index is 13.3. The number of carbonyl (C=O) groups excluding carboxylic acids is 2. The molecule has 9 nitrogen and oxygen atoms in total. The van der Waals surface area contributed by atoms with Gasteiger partial charge in [0.1, 0.15) is 19.0 Å². The Kier molecular flexibility index (Phi) is 8.23. The number of rotatable bonds is 10. The minimum atomic E-state index is -0.788. The van der Waals surface area contributed by atoms with Crippen LogP contribution in [-0.2, 0) is 9.59 Å². The molecule has 1 amide bonds. The molecular formula is C28H34N2O7. The molecule has 198 valence electrons. The Balaban J connectivity index is 1.80. The number of hydrogen-bond acceptors (Lipinski definition) is 8. The first-order chi connectivity index (χ1) is 17.8. The summed E-state index contributed by atoms with van der Waals surface area (Å²) in [4.78, 5) is 30.1. The van der Waals surface area contributed by atoms with Crippen LogP contribution in [0.3, 0.4) is 0 Å². The number of aliphatic hydroxyl groups is 1. The van der Waals surface area contributed by atoms with E-state index in [1.54, 1.807) is 43.5 Å². The van der Waals surface area contributed by atoms with Crippen LogP contribution in [0.5, 0.6) is 23.0 Å². The highest BCUT2D eigenvalue weighted by atomic mass is 16.6. The molecule has 2 aromatic rings. The first-order valence-electron chi connectivity index (χ1n) is 12.5. The molecule has 2 aliphatic rings. The summed E-state index contributed by atoms with van der Waals surface area (Å²) in [7, 11) is 5.45. The molecule has 1 saturated heterocycles. The highest BCUT2D eigenvalue weighted by Gasteiger charge is 2.46. The summed E-state index contributed by atoms with van der Waals surface area (Å²) >= 11 is 0. The molecule has 0 bridgehead atoms. The number of benzene rings is 2. The molecule has 0 saturated carbocycles. The van der Waals surface area contributed by atoms with Crippen molar-refractivity contribution < 1.29 is 33.6 Å². The van der Waals surface area contributed by atoms with Crippen LogP contribution in [-0.4, -0.2) is 80.7 Å². The van der Waals surface area contributed by atoms with Crippen molar-refractivity contribution >= 4 is 17.4 Å². The van der Waals surface area contributed by atoms with Gasteiger partial charge >= 0.3 is 0 Å². The number of carbonyl (C=O) groups is 2. The van der Waals surface area contributed by atoms with Crippen molar-refractivity contribution in [2.45, 2.75) is 25.8 Å². The van der Waals surface area contributed by atoms with E-state index in [2.05, 4.69) is 0 Å². The minimum absolute atomic E-state index is 0.0239. The second-order valence-electron chi connectivity index (χ2n) is 9.27. The maximum atomic E-state index is 13.3. The second kappa shape index (κ2) is 11.6. The largest absolute Gasteiger partial charge is 0.507 e. The van der Waals surface area contributed by atoms with Crippen molar-refractivity contribution in [3.8, 4) is 23.0 Å². The molecule has 2 aromatic carbocycles. The molecule has 2 heterocycles. The molecule has 0 unspecified atom stereocenters. The number of methoxy groups -OCH3 is 1. The average Bonchev–Trinajstić information content (AvgIpc) is 3.16. The monoisotopic (exact) mass is 510 g/mol. The Morgan fingerprint density at radius 3 is 2.54 bits per heavy atom. The summed E-state index contributed by atoms with van der Waals surface area (Å²) in [5.74, 6) is 0.469. The third-order valence-corrected chi connectivity index (χ3v) is 6.33. The predicted octanol–water partition coefficient (Wildman–Crippen LogP) is 3.63. The lowest BCUT2D eigenvalue weighted by molar-refractivity contribution is -0.139. The second-order valence-corrected chi connectivity index (χ2v) is 9.27. The van der Waals surface area contributed by atoms with Crippen molar-refractivity contribution in [3.63, 3.8) is 0 Å². The average molecular weight is 511 g/mol. The highest BCUT2D eigenvalue weighted by Crippen LogP contribution is 2.43. The molecule has 0 aliphatic carbocycles. The number of ether oxygens (including phenoxy) is 4. The SMILES string of the molecule is CCCOc1ccc([C@H]2/C(=C(\O)c3ccc4c(c3)OCCO4)C(=O)C(=O)N2CCCN(C)C)cc1OC. The number of fused-ring (bicyclic) bond motifs is 1. The van der Waals surface area contributed by atoms with E-state index < -0.39 is 17.7 Å². The zero-order chi connectivity index (χ0) is 26.5. The van der Waals surface area contributed by atoms with Gasteiger partial charge in [-0.05, 0) is 69.4 Å². The van der Waals surface area contributed by atoms with Gasteiger partial charge in [0.15, 0.2) is 23.0 Å². The molecule has 0 spiro atoms. The fraction of sp³-hybridized carbons (Fsp3) is 0.429. The van der Waals surface area contributed by atoms with E-state index in [0.717, 1.165) is 13.0 Å². The molecule has 37 heavy (non-hydrogen) atoms. The smallest absolute Gasteiger partial charge is 0.295 e. The van der Waals surface area contributed by atoms with Crippen LogP contribution >= 0.6 is 0 Å². The van der Waals surface area contributed by atoms with Crippen LogP contribution in [0, 0.1) is 0 Å². The third-order valence-electron chi connectivity index (χ3n) is 6.33. The van der Waals surface area contributed by atoms with E-state index in [0.29, 0.717) is 66.9 Å². The normalized spacial score (nSPS) is 18.4. The fourth-order valence-electron chi connectivity index (χ4n) is 4.55. The summed E-state index contributed by atoms with van der Waals surface area (Å²) in [5, 5.41) is 11.4. The van der Waals surface area contributed by atoms with Crippen LogP contribution in [0.25, 0.3) is 5.76 Å². The number of hydrogen-bond donors (Lipinski definition) is 1. The molecule has 1 atom stereocenters. The standard InChI is InChI=1S/C28H34N2O7/c1-5-13-35-20-9-7-18(16-22(20)34-4)25-24(27(32)28(33)30(25)12-6-11-29(2)3)26(31)19-8-10-21-23(17-19)37-15-14-36-21/h7-10,16-17,25,31H,5-6,11-15H2,1-4H3/b26-24+/t25-/m0/s1. The van der Waals surface area contributed by atoms with Gasteiger partial charge < -0.3 is 33.9 Å². The van der Waals surface area contributed by atoms with Crippen LogP contribution < -0.4 is 18.9 Å². The van der Waals surface area contributed by atoms with Crippen molar-refractivity contribution in [2.24, 2.45) is 0 Å². The van der Waals surface area contributed by atoms with Gasteiger partial charge in [-0.2, -0.15) is 0 Å². The first-order valence-corrected chi connectivity index (χ1v) is 12.5. The summed E-state index contributed by atoms with van der Waals surface area (Å²) < 4.78 is 22.6. The molecule has 1 fully saturated rings. The van der Waals surface area contributed by atoms with E-state index in [1.807, 2.05) is 25.9 Å². The lowest BCUT2D eigenvalue weighted by Gasteiger charge is -2.26. The van der Waals surface area contributed by atoms with Crippen molar-refractivity contribution in [2.75, 3.05) is 54.1 Å². The Bertz CT molecular complexity index is 1190. The molecule has 4 rings (SSSR count). The van der Waals surface area contributed by atoms with Crippen LogP contribution in [0.15, 0.2) is 42.0 Å². The lowest BCUT2D eigenvalue weighted by atomic mass is 9.94. The number of aliphatic hydroxyl groups excluding tert-OH is 1. The fourth-order valence-corrected chi connectivity index (χ4v) is 4.55. The van der Waals surface area contributed by atoms with E-state index in [4.69, 9.17) is 18.9 Å². The number of amides is 1. The van der Waals surface area contributed by atoms with Gasteiger partial charge in [-0.15, -0.1) is 0 Å². The van der Waals surface area contributed by atoms with Crippen molar-refractivity contribution in [1.82, 2.24) is 9.80 Å². The maximum Gasteiger partial charge on any atom is 0.295 e. The molecule has 2 aliphatic heterocycles. The van der Waals surface area contributed by atoms with E-state index >= 15 is 0 Å². The Hall–Kier alpha value is -3.72. The van der Waals surface area contributed by atoms with Crippen LogP contribution in [0.1, 0.15) is 36.9 Å². The first kappa shape index (κ1) is 26.3. The van der Waals surface area contributed by atoms with E-state index in [-0.39, 0.29) is 11.3 Å². The van der Waals surface area contributed by atoms with Gasteiger partial charge in [-0.25, -0.2) is 0 Å². The quantitative estimate of drug-likeness (QED) is 0.294. The molecule has 1 N–H and O–H groups in total. The van der Waals surface area contributed by atoms with E-state index in [1.165, 1.54) is 4.90 Å². The van der Waals surface area contributed by atoms with Crippen molar-refractivity contribution in [3.05, 3.63) is 53.1 Å². The van der Waals surface area contributed by atoms with Gasteiger partial charge in [0, 0.05) is 12.1 Å². The van der Waals surface area contributed by atoms with Crippen LogP contribution in [0.4, 0.5) is 0 Å². The van der Waals surface area contributed by atoms with Crippen LogP contribution in [0.2, 0.25) is 0 Å². The predicted molar refractivity (Wildman–Crippen MR) is 138 cm³/mol. The summed E-state index contributed by atoms with van der Waals surface area (Å²) in [5.41, 5.74) is 1.04. The van der Waals surface area contributed by atoms with Gasteiger partial charge in [-0.3, -0.25) is 9.59 Å². The van der Waals surface area contributed by atoms with E-state index in [9.17, 15) is 14.7 Å². The summed E-state index contributed by atoms with van der Waals surface area (Å²) in [6.07, 6.45) is 1.50. The third kappa shape index (κ3) is 5.51. The van der Waals surface area contributed by atoms with Crippen molar-refractivity contribution in [1.29, 1.82) is 0 Å². The molecular weight excluding hydrogens is 476 g/mol. The van der Waals surface area contributed by atoms with Gasteiger partial charge in [0.05, 0.1) is 25.3 Å². The molecule has 9 heteroatoms. The number of nitrogens with zero attached hydrogens (tertiary/aromatic N) is 2. The zero-order valence-electron chi connectivity index (χ0n) is 21.8. The summed E-state index contributed by atoms with van der Waals surface area (Å²) in [6, 6.07) is 9.52. The molecule has 0 radical (unpaired) electrons. The number of likely N-dealkylation sites (tertiary alicyclic amines) is 1. The number of Topliss-reactive ketones (excluding diaryl/α,β-unsaturated/α-hetero) is 1. The van der Waals surface area contributed by atoms with Gasteiger partial charge in [-0.1, -0.05) is 13.0 Å². The Morgan fingerprint density at radius 1 is 1.08 bits per heavy atom. The van der Waals surface area contributed by atoms with Gasteiger partial charge in [0.25, 0.3) is 11.7 Å². The topological polar surface area (TPSA) is 97.8 Å². The highest BCUT2D eigenvalue weighted by molar-refractivity contribution is 6.46.